The van der Waals surface area contributed by atoms with Crippen molar-refractivity contribution in [3.05, 3.63) is 29.8 Å². The van der Waals surface area contributed by atoms with Crippen LogP contribution in [0.4, 0.5) is 5.69 Å². The van der Waals surface area contributed by atoms with Crippen LogP contribution in [0.3, 0.4) is 0 Å². The monoisotopic (exact) mass is 274 g/mol. The predicted molar refractivity (Wildman–Crippen MR) is 80.0 cm³/mol. The third-order valence-corrected chi connectivity index (χ3v) is 3.82. The van der Waals surface area contributed by atoms with E-state index in [-0.39, 0.29) is 17.7 Å². The molecular weight excluding hydrogens is 252 g/mol. The van der Waals surface area contributed by atoms with Gasteiger partial charge in [-0.25, -0.2) is 0 Å². The minimum Gasteiger partial charge on any atom is -0.326 e. The summed E-state index contributed by atoms with van der Waals surface area (Å²) in [6.45, 7) is 5.83. The van der Waals surface area contributed by atoms with Crippen LogP contribution in [0.1, 0.15) is 43.5 Å². The Hall–Kier alpha value is -1.68. The average molecular weight is 274 g/mol. The second-order valence-corrected chi connectivity index (χ2v) is 5.48. The van der Waals surface area contributed by atoms with E-state index >= 15 is 0 Å². The minimum atomic E-state index is 0.0278. The van der Waals surface area contributed by atoms with Crippen LogP contribution in [0.5, 0.6) is 0 Å². The number of amides is 1. The van der Waals surface area contributed by atoms with Crippen LogP contribution >= 0.6 is 0 Å². The lowest BCUT2D eigenvalue weighted by atomic mass is 10.1. The van der Waals surface area contributed by atoms with Crippen LogP contribution < -0.4 is 5.32 Å². The van der Waals surface area contributed by atoms with Crippen molar-refractivity contribution in [3.63, 3.8) is 0 Å². The Morgan fingerprint density at radius 1 is 1.20 bits per heavy atom. The maximum Gasteiger partial charge on any atom is 0.225 e. The van der Waals surface area contributed by atoms with Gasteiger partial charge in [-0.15, -0.1) is 0 Å². The molecule has 0 saturated carbocycles. The highest BCUT2D eigenvalue weighted by Gasteiger charge is 2.20. The summed E-state index contributed by atoms with van der Waals surface area (Å²) in [5.74, 6) is 0.0607. The maximum absolute atomic E-state index is 12.0. The highest BCUT2D eigenvalue weighted by atomic mass is 16.1. The number of anilines is 1. The molecule has 1 N–H and O–H groups in total. The summed E-state index contributed by atoms with van der Waals surface area (Å²) in [4.78, 5) is 25.5. The highest BCUT2D eigenvalue weighted by molar-refractivity contribution is 5.95. The summed E-state index contributed by atoms with van der Waals surface area (Å²) in [6.07, 6.45) is 2.98. The number of rotatable bonds is 5. The molecule has 1 aliphatic rings. The smallest absolute Gasteiger partial charge is 0.225 e. The molecule has 1 aromatic carbocycles. The molecule has 0 bridgehead atoms. The topological polar surface area (TPSA) is 49.4 Å². The van der Waals surface area contributed by atoms with Gasteiger partial charge >= 0.3 is 0 Å². The fourth-order valence-corrected chi connectivity index (χ4v) is 2.58. The quantitative estimate of drug-likeness (QED) is 0.840. The number of nitrogens with one attached hydrogen (secondary N) is 1. The zero-order valence-corrected chi connectivity index (χ0v) is 12.2. The van der Waals surface area contributed by atoms with Crippen molar-refractivity contribution in [1.82, 2.24) is 4.90 Å². The van der Waals surface area contributed by atoms with Crippen molar-refractivity contribution in [3.8, 4) is 0 Å². The molecule has 2 rings (SSSR count). The molecule has 1 unspecified atom stereocenters. The van der Waals surface area contributed by atoms with Crippen molar-refractivity contribution in [2.75, 3.05) is 18.4 Å². The summed E-state index contributed by atoms with van der Waals surface area (Å²) in [7, 11) is 0. The first-order valence-corrected chi connectivity index (χ1v) is 7.21. The van der Waals surface area contributed by atoms with Crippen LogP contribution in [0.15, 0.2) is 24.3 Å². The fourth-order valence-electron chi connectivity index (χ4n) is 2.58. The first kappa shape index (κ1) is 14.7. The summed E-state index contributed by atoms with van der Waals surface area (Å²) < 4.78 is 0. The standard InChI is InChI=1S/C16H22N2O2/c1-12(18-9-3-4-10-18)11-16(20)17-15-7-5-14(6-8-15)13(2)19/h5-8,12H,3-4,9-11H2,1-2H3,(H,17,20). The Labute approximate surface area is 120 Å². The van der Waals surface area contributed by atoms with Crippen molar-refractivity contribution < 1.29 is 9.59 Å². The Balaban J connectivity index is 1.85. The maximum atomic E-state index is 12.0. The average Bonchev–Trinajstić information content (AvgIpc) is 2.93. The molecule has 0 spiro atoms. The summed E-state index contributed by atoms with van der Waals surface area (Å²) >= 11 is 0. The zero-order valence-electron chi connectivity index (χ0n) is 12.2. The number of hydrogen-bond donors (Lipinski definition) is 1. The van der Waals surface area contributed by atoms with E-state index in [4.69, 9.17) is 0 Å². The SMILES string of the molecule is CC(=O)c1ccc(NC(=O)CC(C)N2CCCC2)cc1. The molecule has 1 amide bonds. The van der Waals surface area contributed by atoms with E-state index in [9.17, 15) is 9.59 Å². The van der Waals surface area contributed by atoms with Crippen LogP contribution in [-0.4, -0.2) is 35.7 Å². The summed E-state index contributed by atoms with van der Waals surface area (Å²) in [5.41, 5.74) is 1.40. The molecule has 0 aromatic heterocycles. The normalized spacial score (nSPS) is 16.9. The molecular formula is C16H22N2O2. The second kappa shape index (κ2) is 6.66. The molecule has 4 nitrogen and oxygen atoms in total. The van der Waals surface area contributed by atoms with E-state index in [1.165, 1.54) is 19.8 Å². The first-order valence-electron chi connectivity index (χ1n) is 7.21. The number of hydrogen-bond acceptors (Lipinski definition) is 3. The van der Waals surface area contributed by atoms with E-state index in [1.807, 2.05) is 0 Å². The van der Waals surface area contributed by atoms with E-state index in [0.717, 1.165) is 18.8 Å². The molecule has 1 fully saturated rings. The van der Waals surface area contributed by atoms with E-state index in [1.54, 1.807) is 24.3 Å². The van der Waals surface area contributed by atoms with Gasteiger partial charge in [0, 0.05) is 23.7 Å². The van der Waals surface area contributed by atoms with Crippen molar-refractivity contribution in [2.45, 2.75) is 39.2 Å². The Kier molecular flexibility index (Phi) is 4.90. The number of Topliss-reactive ketones (excluding diaryl/α,β-unsaturated/α-hetero) is 1. The van der Waals surface area contributed by atoms with Crippen LogP contribution in [0.25, 0.3) is 0 Å². The van der Waals surface area contributed by atoms with Gasteiger partial charge in [0.2, 0.25) is 5.91 Å². The van der Waals surface area contributed by atoms with E-state index in [2.05, 4.69) is 17.1 Å². The summed E-state index contributed by atoms with van der Waals surface area (Å²) in [6, 6.07) is 7.31. The number of carbonyl (C=O) groups excluding carboxylic acids is 2. The number of benzene rings is 1. The molecule has 1 aromatic rings. The predicted octanol–water partition coefficient (Wildman–Crippen LogP) is 2.70. The Morgan fingerprint density at radius 3 is 2.35 bits per heavy atom. The number of nitrogens with zero attached hydrogens (tertiary/aromatic N) is 1. The van der Waals surface area contributed by atoms with Gasteiger partial charge < -0.3 is 10.2 Å². The lowest BCUT2D eigenvalue weighted by Crippen LogP contribution is -2.33. The zero-order chi connectivity index (χ0) is 14.5. The van der Waals surface area contributed by atoms with Crippen LogP contribution in [-0.2, 0) is 4.79 Å². The van der Waals surface area contributed by atoms with Crippen LogP contribution in [0, 0.1) is 0 Å². The molecule has 1 atom stereocenters. The van der Waals surface area contributed by atoms with Gasteiger partial charge in [-0.05, 0) is 64.0 Å². The molecule has 1 saturated heterocycles. The third-order valence-electron chi connectivity index (χ3n) is 3.82. The molecule has 0 aliphatic carbocycles. The summed E-state index contributed by atoms with van der Waals surface area (Å²) in [5, 5.41) is 2.89. The lowest BCUT2D eigenvalue weighted by molar-refractivity contribution is -0.117. The van der Waals surface area contributed by atoms with Gasteiger partial charge in [0.15, 0.2) is 5.78 Å². The molecule has 0 radical (unpaired) electrons. The van der Waals surface area contributed by atoms with Gasteiger partial charge in [0.05, 0.1) is 0 Å². The van der Waals surface area contributed by atoms with Crippen molar-refractivity contribution >= 4 is 17.4 Å². The number of ketones is 1. The van der Waals surface area contributed by atoms with Gasteiger partial charge in [-0.2, -0.15) is 0 Å². The Morgan fingerprint density at radius 2 is 1.80 bits per heavy atom. The van der Waals surface area contributed by atoms with E-state index in [0.29, 0.717) is 12.0 Å². The third kappa shape index (κ3) is 3.90. The number of likely N-dealkylation sites (tertiary alicyclic amines) is 1. The number of carbonyl (C=O) groups is 2. The minimum absolute atomic E-state index is 0.0278. The highest BCUT2D eigenvalue weighted by Crippen LogP contribution is 2.15. The van der Waals surface area contributed by atoms with Crippen LogP contribution in [0.2, 0.25) is 0 Å². The second-order valence-electron chi connectivity index (χ2n) is 5.48. The van der Waals surface area contributed by atoms with Crippen molar-refractivity contribution in [1.29, 1.82) is 0 Å². The van der Waals surface area contributed by atoms with Gasteiger partial charge in [0.25, 0.3) is 0 Å². The largest absolute Gasteiger partial charge is 0.326 e. The van der Waals surface area contributed by atoms with Gasteiger partial charge in [-0.3, -0.25) is 9.59 Å². The molecule has 4 heteroatoms. The fraction of sp³-hybridized carbons (Fsp3) is 0.500. The lowest BCUT2D eigenvalue weighted by Gasteiger charge is -2.23. The van der Waals surface area contributed by atoms with Gasteiger partial charge in [-0.1, -0.05) is 0 Å². The Bertz CT molecular complexity index is 476. The molecule has 20 heavy (non-hydrogen) atoms. The molecule has 1 aliphatic heterocycles. The van der Waals surface area contributed by atoms with E-state index < -0.39 is 0 Å². The molecule has 108 valence electrons. The van der Waals surface area contributed by atoms with Crippen molar-refractivity contribution in [2.24, 2.45) is 0 Å². The van der Waals surface area contributed by atoms with Gasteiger partial charge in [0.1, 0.15) is 0 Å². The molecule has 1 heterocycles. The first-order chi connectivity index (χ1) is 9.56.